The lowest BCUT2D eigenvalue weighted by molar-refractivity contribution is 0.500. The average Bonchev–Trinajstić information content (AvgIpc) is 3.02. The lowest BCUT2D eigenvalue weighted by Gasteiger charge is -2.19. The molecule has 1 N–H and O–H groups in total. The first-order valence-corrected chi connectivity index (χ1v) is 6.20. The first-order valence-electron chi connectivity index (χ1n) is 6.20. The van der Waals surface area contributed by atoms with E-state index in [0.29, 0.717) is 5.92 Å². The van der Waals surface area contributed by atoms with Crippen molar-refractivity contribution >= 4 is 0 Å². The van der Waals surface area contributed by atoms with Gasteiger partial charge in [0.15, 0.2) is 0 Å². The maximum atomic E-state index is 13.8. The van der Waals surface area contributed by atoms with Gasteiger partial charge in [-0.1, -0.05) is 38.5 Å². The molecule has 1 aromatic carbocycles. The summed E-state index contributed by atoms with van der Waals surface area (Å²) in [5.74, 6) is 0.597. The van der Waals surface area contributed by atoms with E-state index in [4.69, 9.17) is 0 Å². The second-order valence-corrected chi connectivity index (χ2v) is 4.73. The lowest BCUT2D eigenvalue weighted by atomic mass is 9.91. The van der Waals surface area contributed by atoms with Crippen molar-refractivity contribution in [2.24, 2.45) is 5.92 Å². The maximum Gasteiger partial charge on any atom is 0.127 e. The summed E-state index contributed by atoms with van der Waals surface area (Å²) in [6, 6.07) is 7.23. The highest BCUT2D eigenvalue weighted by Crippen LogP contribution is 2.56. The number of likely N-dealkylation sites (N-methyl/N-ethyl adjacent to an activating group) is 1. The third kappa shape index (κ3) is 1.86. The summed E-state index contributed by atoms with van der Waals surface area (Å²) in [6.45, 7) is 6.15. The molecule has 0 bridgehead atoms. The van der Waals surface area contributed by atoms with Gasteiger partial charge in [0.1, 0.15) is 5.82 Å². The predicted octanol–water partition coefficient (Wildman–Crippen LogP) is 3.10. The molecule has 0 saturated heterocycles. The summed E-state index contributed by atoms with van der Waals surface area (Å²) in [7, 11) is 0. The number of rotatable bonds is 5. The first-order chi connectivity index (χ1) is 7.74. The highest BCUT2D eigenvalue weighted by atomic mass is 19.1. The van der Waals surface area contributed by atoms with Gasteiger partial charge in [-0.15, -0.1) is 0 Å². The molecule has 0 aromatic heterocycles. The molecule has 1 aliphatic carbocycles. The Morgan fingerprint density at radius 1 is 1.38 bits per heavy atom. The highest BCUT2D eigenvalue weighted by Gasteiger charge is 2.54. The van der Waals surface area contributed by atoms with Crippen molar-refractivity contribution in [1.29, 1.82) is 0 Å². The highest BCUT2D eigenvalue weighted by molar-refractivity contribution is 5.35. The standard InChI is InChI=1S/C14H20FN/c1-3-11-9-14(11,10-16-4-2)12-7-5-6-8-13(12)15/h5-8,11,16H,3-4,9-10H2,1-2H3. The average molecular weight is 221 g/mol. The third-order valence-electron chi connectivity index (χ3n) is 3.83. The second-order valence-electron chi connectivity index (χ2n) is 4.73. The van der Waals surface area contributed by atoms with Gasteiger partial charge >= 0.3 is 0 Å². The van der Waals surface area contributed by atoms with Crippen LogP contribution in [-0.4, -0.2) is 13.1 Å². The van der Waals surface area contributed by atoms with E-state index in [-0.39, 0.29) is 11.2 Å². The number of hydrogen-bond acceptors (Lipinski definition) is 1. The summed E-state index contributed by atoms with van der Waals surface area (Å²) >= 11 is 0. The van der Waals surface area contributed by atoms with Crippen molar-refractivity contribution in [1.82, 2.24) is 5.32 Å². The molecule has 1 nitrogen and oxygen atoms in total. The molecule has 1 saturated carbocycles. The lowest BCUT2D eigenvalue weighted by Crippen LogP contribution is -2.29. The Kier molecular flexibility index (Phi) is 3.29. The van der Waals surface area contributed by atoms with Crippen LogP contribution in [0.2, 0.25) is 0 Å². The Labute approximate surface area is 97.1 Å². The zero-order valence-electron chi connectivity index (χ0n) is 10.1. The molecule has 2 rings (SSSR count). The predicted molar refractivity (Wildman–Crippen MR) is 65.0 cm³/mol. The normalized spacial score (nSPS) is 28.1. The smallest absolute Gasteiger partial charge is 0.127 e. The van der Waals surface area contributed by atoms with Crippen LogP contribution in [0.1, 0.15) is 32.3 Å². The van der Waals surface area contributed by atoms with Crippen molar-refractivity contribution in [3.8, 4) is 0 Å². The van der Waals surface area contributed by atoms with E-state index in [1.54, 1.807) is 12.1 Å². The van der Waals surface area contributed by atoms with Crippen molar-refractivity contribution in [2.75, 3.05) is 13.1 Å². The van der Waals surface area contributed by atoms with Gasteiger partial charge in [-0.05, 0) is 30.5 Å². The van der Waals surface area contributed by atoms with E-state index in [1.807, 2.05) is 12.1 Å². The van der Waals surface area contributed by atoms with Gasteiger partial charge in [-0.2, -0.15) is 0 Å². The van der Waals surface area contributed by atoms with Crippen LogP contribution in [0.15, 0.2) is 24.3 Å². The quantitative estimate of drug-likeness (QED) is 0.805. The zero-order chi connectivity index (χ0) is 11.6. The maximum absolute atomic E-state index is 13.8. The Bertz CT molecular complexity index is 364. The Balaban J connectivity index is 2.24. The van der Waals surface area contributed by atoms with Gasteiger partial charge in [0.25, 0.3) is 0 Å². The van der Waals surface area contributed by atoms with Crippen LogP contribution in [-0.2, 0) is 5.41 Å². The molecule has 0 radical (unpaired) electrons. The molecule has 0 heterocycles. The molecule has 88 valence electrons. The van der Waals surface area contributed by atoms with E-state index in [1.165, 1.54) is 0 Å². The molecule has 0 aliphatic heterocycles. The summed E-state index contributed by atoms with van der Waals surface area (Å²) in [5.41, 5.74) is 0.971. The topological polar surface area (TPSA) is 12.0 Å². The van der Waals surface area contributed by atoms with Crippen LogP contribution in [0.5, 0.6) is 0 Å². The van der Waals surface area contributed by atoms with Crippen LogP contribution < -0.4 is 5.32 Å². The molecule has 16 heavy (non-hydrogen) atoms. The number of benzene rings is 1. The molecular formula is C14H20FN. The van der Waals surface area contributed by atoms with Crippen molar-refractivity contribution < 1.29 is 4.39 Å². The summed E-state index contributed by atoms with van der Waals surface area (Å²) in [5, 5.41) is 3.37. The second kappa shape index (κ2) is 4.54. The Morgan fingerprint density at radius 2 is 2.12 bits per heavy atom. The number of nitrogens with one attached hydrogen (secondary N) is 1. The third-order valence-corrected chi connectivity index (χ3v) is 3.83. The molecule has 1 aliphatic rings. The minimum absolute atomic E-state index is 0.0450. The van der Waals surface area contributed by atoms with Crippen LogP contribution in [0, 0.1) is 11.7 Å². The fourth-order valence-electron chi connectivity index (χ4n) is 2.77. The summed E-state index contributed by atoms with van der Waals surface area (Å²) in [6.07, 6.45) is 2.26. The molecule has 2 heteroatoms. The molecule has 0 amide bonds. The van der Waals surface area contributed by atoms with Gasteiger partial charge in [0.05, 0.1) is 0 Å². The minimum Gasteiger partial charge on any atom is -0.316 e. The van der Waals surface area contributed by atoms with Crippen LogP contribution in [0.4, 0.5) is 4.39 Å². The fourth-order valence-corrected chi connectivity index (χ4v) is 2.77. The Hall–Kier alpha value is -0.890. The van der Waals surface area contributed by atoms with E-state index in [0.717, 1.165) is 31.5 Å². The fraction of sp³-hybridized carbons (Fsp3) is 0.571. The Morgan fingerprint density at radius 3 is 2.69 bits per heavy atom. The van der Waals surface area contributed by atoms with E-state index in [2.05, 4.69) is 19.2 Å². The van der Waals surface area contributed by atoms with Crippen LogP contribution >= 0.6 is 0 Å². The molecule has 0 spiro atoms. The number of hydrogen-bond donors (Lipinski definition) is 1. The van der Waals surface area contributed by atoms with Crippen molar-refractivity contribution in [2.45, 2.75) is 32.1 Å². The molecule has 2 unspecified atom stereocenters. The first kappa shape index (κ1) is 11.6. The molecule has 1 fully saturated rings. The molecular weight excluding hydrogens is 201 g/mol. The van der Waals surface area contributed by atoms with Crippen LogP contribution in [0.3, 0.4) is 0 Å². The van der Waals surface area contributed by atoms with Crippen molar-refractivity contribution in [3.63, 3.8) is 0 Å². The van der Waals surface area contributed by atoms with Gasteiger partial charge in [0.2, 0.25) is 0 Å². The number of halogens is 1. The summed E-state index contributed by atoms with van der Waals surface area (Å²) in [4.78, 5) is 0. The van der Waals surface area contributed by atoms with E-state index in [9.17, 15) is 4.39 Å². The van der Waals surface area contributed by atoms with E-state index >= 15 is 0 Å². The van der Waals surface area contributed by atoms with E-state index < -0.39 is 0 Å². The van der Waals surface area contributed by atoms with Gasteiger partial charge in [-0.25, -0.2) is 4.39 Å². The van der Waals surface area contributed by atoms with Gasteiger partial charge < -0.3 is 5.32 Å². The largest absolute Gasteiger partial charge is 0.316 e. The summed E-state index contributed by atoms with van der Waals surface area (Å²) < 4.78 is 13.8. The van der Waals surface area contributed by atoms with Gasteiger partial charge in [-0.3, -0.25) is 0 Å². The van der Waals surface area contributed by atoms with Gasteiger partial charge in [0, 0.05) is 12.0 Å². The SMILES string of the molecule is CCNCC1(c2ccccc2F)CC1CC. The van der Waals surface area contributed by atoms with Crippen molar-refractivity contribution in [3.05, 3.63) is 35.6 Å². The van der Waals surface area contributed by atoms with Crippen LogP contribution in [0.25, 0.3) is 0 Å². The minimum atomic E-state index is -0.0450. The zero-order valence-corrected chi connectivity index (χ0v) is 10.1. The molecule has 2 atom stereocenters. The monoisotopic (exact) mass is 221 g/mol. The molecule has 1 aromatic rings.